The van der Waals surface area contributed by atoms with Gasteiger partial charge in [0, 0.05) is 12.6 Å². The summed E-state index contributed by atoms with van der Waals surface area (Å²) in [7, 11) is -3.75. The summed E-state index contributed by atoms with van der Waals surface area (Å²) in [6.07, 6.45) is 0. The van der Waals surface area contributed by atoms with E-state index >= 15 is 0 Å². The number of halogens is 1. The molecule has 0 bridgehead atoms. The van der Waals surface area contributed by atoms with Gasteiger partial charge in [-0.25, -0.2) is 17.5 Å². The van der Waals surface area contributed by atoms with E-state index in [-0.39, 0.29) is 17.2 Å². The number of ether oxygens (including phenoxy) is 1. The number of nitrogen functional groups attached to an aromatic ring is 1. The third kappa shape index (κ3) is 3.94. The minimum Gasteiger partial charge on any atom is -0.396 e. The Hall–Kier alpha value is -1.18. The summed E-state index contributed by atoms with van der Waals surface area (Å²) < 4.78 is 44.5. The molecule has 0 saturated heterocycles. The van der Waals surface area contributed by atoms with Gasteiger partial charge in [0.25, 0.3) is 0 Å². The molecule has 1 aromatic carbocycles. The maximum absolute atomic E-state index is 13.2. The second kappa shape index (κ2) is 6.12. The van der Waals surface area contributed by atoms with Gasteiger partial charge in [0.2, 0.25) is 10.0 Å². The number of hydrogen-bond acceptors (Lipinski definition) is 4. The zero-order valence-corrected chi connectivity index (χ0v) is 11.1. The molecule has 0 aliphatic heterocycles. The van der Waals surface area contributed by atoms with Gasteiger partial charge in [-0.3, -0.25) is 0 Å². The lowest BCUT2D eigenvalue weighted by atomic mass is 10.3. The first kappa shape index (κ1) is 14.9. The summed E-state index contributed by atoms with van der Waals surface area (Å²) >= 11 is 0. The van der Waals surface area contributed by atoms with Gasteiger partial charge in [0.05, 0.1) is 17.2 Å². The summed E-state index contributed by atoms with van der Waals surface area (Å²) in [5.74, 6) is -0.754. The fourth-order valence-corrected chi connectivity index (χ4v) is 2.58. The molecule has 0 fully saturated rings. The smallest absolute Gasteiger partial charge is 0.240 e. The Balaban J connectivity index is 2.83. The molecular formula is C11H17FN2O3S. The Morgan fingerprint density at radius 2 is 2.17 bits per heavy atom. The quantitative estimate of drug-likeness (QED) is 0.763. The van der Waals surface area contributed by atoms with Gasteiger partial charge in [-0.15, -0.1) is 0 Å². The van der Waals surface area contributed by atoms with E-state index in [1.165, 1.54) is 12.1 Å². The van der Waals surface area contributed by atoms with Gasteiger partial charge in [-0.1, -0.05) is 0 Å². The molecule has 7 heteroatoms. The topological polar surface area (TPSA) is 81.4 Å². The van der Waals surface area contributed by atoms with Gasteiger partial charge < -0.3 is 10.5 Å². The SMILES string of the molecule is CCOCC(C)NS(=O)(=O)c1ccc(N)c(F)c1. The minimum atomic E-state index is -3.75. The van der Waals surface area contributed by atoms with Crippen molar-refractivity contribution >= 4 is 15.7 Å². The van der Waals surface area contributed by atoms with Gasteiger partial charge in [-0.2, -0.15) is 0 Å². The highest BCUT2D eigenvalue weighted by atomic mass is 32.2. The van der Waals surface area contributed by atoms with Gasteiger partial charge >= 0.3 is 0 Å². The van der Waals surface area contributed by atoms with Crippen LogP contribution in [0.1, 0.15) is 13.8 Å². The minimum absolute atomic E-state index is 0.0867. The van der Waals surface area contributed by atoms with Crippen molar-refractivity contribution in [3.05, 3.63) is 24.0 Å². The molecule has 1 atom stereocenters. The predicted molar refractivity (Wildman–Crippen MR) is 67.1 cm³/mol. The molecule has 5 nitrogen and oxygen atoms in total. The Morgan fingerprint density at radius 3 is 2.72 bits per heavy atom. The van der Waals surface area contributed by atoms with Crippen LogP contribution in [0.2, 0.25) is 0 Å². The van der Waals surface area contributed by atoms with Crippen LogP contribution in [0.25, 0.3) is 0 Å². The lowest BCUT2D eigenvalue weighted by molar-refractivity contribution is 0.133. The van der Waals surface area contributed by atoms with E-state index in [9.17, 15) is 12.8 Å². The summed E-state index contributed by atoms with van der Waals surface area (Å²) in [5.41, 5.74) is 5.20. The van der Waals surface area contributed by atoms with Crippen LogP contribution >= 0.6 is 0 Å². The van der Waals surface area contributed by atoms with Crippen LogP contribution < -0.4 is 10.5 Å². The Kier molecular flexibility index (Phi) is 5.06. The van der Waals surface area contributed by atoms with Gasteiger partial charge in [0.15, 0.2) is 0 Å². The van der Waals surface area contributed by atoms with E-state index in [0.29, 0.717) is 6.61 Å². The molecule has 0 spiro atoms. The zero-order chi connectivity index (χ0) is 13.8. The summed E-state index contributed by atoms with van der Waals surface area (Å²) in [6.45, 7) is 4.24. The number of hydrogen-bond donors (Lipinski definition) is 2. The normalized spacial score (nSPS) is 13.5. The third-order valence-corrected chi connectivity index (χ3v) is 3.80. The molecular weight excluding hydrogens is 259 g/mol. The molecule has 0 aliphatic rings. The summed E-state index contributed by atoms with van der Waals surface area (Å²) in [5, 5.41) is 0. The van der Waals surface area contributed by atoms with Crippen molar-refractivity contribution in [2.24, 2.45) is 0 Å². The standard InChI is InChI=1S/C11H17FN2O3S/c1-3-17-7-8(2)14-18(15,16)9-4-5-11(13)10(12)6-9/h4-6,8,14H,3,7,13H2,1-2H3. The van der Waals surface area contributed by atoms with Crippen molar-refractivity contribution in [2.75, 3.05) is 18.9 Å². The first-order valence-corrected chi connectivity index (χ1v) is 7.00. The highest BCUT2D eigenvalue weighted by molar-refractivity contribution is 7.89. The predicted octanol–water partition coefficient (Wildman–Crippen LogP) is 1.11. The molecule has 1 rings (SSSR count). The maximum Gasteiger partial charge on any atom is 0.240 e. The maximum atomic E-state index is 13.2. The van der Waals surface area contributed by atoms with Crippen LogP contribution in [0.3, 0.4) is 0 Å². The van der Waals surface area contributed by atoms with E-state index in [4.69, 9.17) is 10.5 Å². The van der Waals surface area contributed by atoms with E-state index in [1.54, 1.807) is 6.92 Å². The van der Waals surface area contributed by atoms with Crippen LogP contribution in [0.5, 0.6) is 0 Å². The first-order valence-electron chi connectivity index (χ1n) is 5.52. The van der Waals surface area contributed by atoms with E-state index < -0.39 is 21.9 Å². The number of anilines is 1. The molecule has 0 heterocycles. The molecule has 0 radical (unpaired) electrons. The van der Waals surface area contributed by atoms with Crippen LogP contribution in [0, 0.1) is 5.82 Å². The summed E-state index contributed by atoms with van der Waals surface area (Å²) in [6, 6.07) is 2.98. The second-order valence-electron chi connectivity index (χ2n) is 3.87. The average Bonchev–Trinajstić information content (AvgIpc) is 2.29. The van der Waals surface area contributed by atoms with Crippen molar-refractivity contribution in [1.29, 1.82) is 0 Å². The van der Waals surface area contributed by atoms with Gasteiger partial charge in [0.1, 0.15) is 5.82 Å². The molecule has 18 heavy (non-hydrogen) atoms. The molecule has 1 aromatic rings. The summed E-state index contributed by atoms with van der Waals surface area (Å²) in [4.78, 5) is -0.155. The van der Waals surface area contributed by atoms with Crippen LogP contribution in [0.4, 0.5) is 10.1 Å². The van der Waals surface area contributed by atoms with Crippen molar-refractivity contribution in [3.63, 3.8) is 0 Å². The molecule has 0 saturated carbocycles. The monoisotopic (exact) mass is 276 g/mol. The van der Waals surface area contributed by atoms with Crippen molar-refractivity contribution in [1.82, 2.24) is 4.72 Å². The molecule has 3 N–H and O–H groups in total. The van der Waals surface area contributed by atoms with Crippen LogP contribution in [-0.4, -0.2) is 27.7 Å². The highest BCUT2D eigenvalue weighted by Gasteiger charge is 2.18. The number of benzene rings is 1. The lowest BCUT2D eigenvalue weighted by Gasteiger charge is -2.14. The fourth-order valence-electron chi connectivity index (χ4n) is 1.34. The number of sulfonamides is 1. The first-order chi connectivity index (χ1) is 8.36. The average molecular weight is 276 g/mol. The van der Waals surface area contributed by atoms with E-state index in [2.05, 4.69) is 4.72 Å². The third-order valence-electron chi connectivity index (χ3n) is 2.21. The number of nitrogens with two attached hydrogens (primary N) is 1. The second-order valence-corrected chi connectivity index (χ2v) is 5.58. The van der Waals surface area contributed by atoms with Crippen molar-refractivity contribution in [2.45, 2.75) is 24.8 Å². The number of nitrogens with one attached hydrogen (secondary N) is 1. The Morgan fingerprint density at radius 1 is 1.50 bits per heavy atom. The Labute approximate surface area is 106 Å². The van der Waals surface area contributed by atoms with Crippen LogP contribution in [0.15, 0.2) is 23.1 Å². The molecule has 0 aliphatic carbocycles. The number of rotatable bonds is 6. The lowest BCUT2D eigenvalue weighted by Crippen LogP contribution is -2.35. The Bertz CT molecular complexity index is 505. The van der Waals surface area contributed by atoms with E-state index in [1.807, 2.05) is 6.92 Å². The highest BCUT2D eigenvalue weighted by Crippen LogP contribution is 2.16. The zero-order valence-electron chi connectivity index (χ0n) is 10.3. The van der Waals surface area contributed by atoms with Crippen molar-refractivity contribution in [3.8, 4) is 0 Å². The van der Waals surface area contributed by atoms with Crippen molar-refractivity contribution < 1.29 is 17.5 Å². The fraction of sp³-hybridized carbons (Fsp3) is 0.455. The molecule has 0 amide bonds. The molecule has 102 valence electrons. The molecule has 1 unspecified atom stereocenters. The molecule has 0 aromatic heterocycles. The van der Waals surface area contributed by atoms with Gasteiger partial charge in [-0.05, 0) is 32.0 Å². The van der Waals surface area contributed by atoms with E-state index in [0.717, 1.165) is 6.07 Å². The van der Waals surface area contributed by atoms with Crippen LogP contribution in [-0.2, 0) is 14.8 Å². The largest absolute Gasteiger partial charge is 0.396 e.